The average molecular weight is 266 g/mol. The van der Waals surface area contributed by atoms with Crippen LogP contribution in [0.3, 0.4) is 0 Å². The van der Waals surface area contributed by atoms with Crippen LogP contribution in [-0.4, -0.2) is 48.2 Å². The largest absolute Gasteiger partial charge is 0.322 e. The average Bonchev–Trinajstić information content (AvgIpc) is 2.34. The van der Waals surface area contributed by atoms with Crippen molar-refractivity contribution in [1.82, 2.24) is 20.9 Å². The van der Waals surface area contributed by atoms with Gasteiger partial charge in [-0.3, -0.25) is 20.3 Å². The monoisotopic (exact) mass is 266 g/mol. The van der Waals surface area contributed by atoms with Crippen LogP contribution in [0, 0.1) is 11.8 Å². The molecule has 3 fully saturated rings. The molecule has 6 heteroatoms. The number of piperazine rings is 1. The Balaban J connectivity index is 1.83. The standard InChI is InChI=1S/C13H22N4O2/c1-6-4-8-9(5-7(6)2)17(3)11-10(14-8)12(18)16-13(19)15-11/h6-11,14H,4-5H2,1-3H3,(H2,15,16,18,19). The van der Waals surface area contributed by atoms with E-state index in [1.807, 2.05) is 7.05 Å². The molecule has 2 saturated heterocycles. The third-order valence-corrected chi connectivity index (χ3v) is 5.14. The van der Waals surface area contributed by atoms with Crippen LogP contribution < -0.4 is 16.0 Å². The molecule has 0 aromatic heterocycles. The van der Waals surface area contributed by atoms with Gasteiger partial charge in [-0.1, -0.05) is 13.8 Å². The van der Waals surface area contributed by atoms with Crippen LogP contribution in [0.4, 0.5) is 4.79 Å². The number of imide groups is 1. The van der Waals surface area contributed by atoms with Crippen molar-refractivity contribution in [2.45, 2.75) is 51.0 Å². The summed E-state index contributed by atoms with van der Waals surface area (Å²) in [6, 6.07) is -0.0167. The first kappa shape index (κ1) is 12.9. The van der Waals surface area contributed by atoms with Gasteiger partial charge in [0.1, 0.15) is 12.2 Å². The van der Waals surface area contributed by atoms with Crippen molar-refractivity contribution in [3.8, 4) is 0 Å². The normalized spacial score (nSPS) is 46.9. The van der Waals surface area contributed by atoms with Gasteiger partial charge in [-0.2, -0.15) is 0 Å². The zero-order valence-corrected chi connectivity index (χ0v) is 11.6. The lowest BCUT2D eigenvalue weighted by Crippen LogP contribution is -2.78. The van der Waals surface area contributed by atoms with Crippen LogP contribution in [0.2, 0.25) is 0 Å². The van der Waals surface area contributed by atoms with E-state index >= 15 is 0 Å². The van der Waals surface area contributed by atoms with E-state index in [-0.39, 0.29) is 18.1 Å². The van der Waals surface area contributed by atoms with Crippen LogP contribution in [-0.2, 0) is 4.79 Å². The first-order valence-electron chi connectivity index (χ1n) is 7.06. The molecule has 3 N–H and O–H groups in total. The zero-order chi connectivity index (χ0) is 13.7. The number of fused-ring (bicyclic) bond motifs is 2. The predicted octanol–water partition coefficient (Wildman–Crippen LogP) is -0.141. The Kier molecular flexibility index (Phi) is 3.02. The first-order chi connectivity index (χ1) is 8.97. The van der Waals surface area contributed by atoms with Gasteiger partial charge in [0.2, 0.25) is 5.91 Å². The van der Waals surface area contributed by atoms with Crippen LogP contribution >= 0.6 is 0 Å². The maximum atomic E-state index is 11.9. The number of carbonyl (C=O) groups is 2. The third kappa shape index (κ3) is 2.03. The molecule has 3 aliphatic rings. The summed E-state index contributed by atoms with van der Waals surface area (Å²) in [6.07, 6.45) is 1.96. The lowest BCUT2D eigenvalue weighted by Gasteiger charge is -2.53. The second kappa shape index (κ2) is 4.45. The number of urea groups is 1. The number of nitrogens with zero attached hydrogens (tertiary/aromatic N) is 1. The third-order valence-electron chi connectivity index (χ3n) is 5.14. The Morgan fingerprint density at radius 1 is 1.16 bits per heavy atom. The van der Waals surface area contributed by atoms with Gasteiger partial charge in [0.25, 0.3) is 0 Å². The van der Waals surface area contributed by atoms with Crippen molar-refractivity contribution in [2.24, 2.45) is 11.8 Å². The van der Waals surface area contributed by atoms with Gasteiger partial charge in [0.05, 0.1) is 0 Å². The molecule has 0 radical (unpaired) electrons. The number of carbonyl (C=O) groups excluding carboxylic acids is 2. The van der Waals surface area contributed by atoms with Gasteiger partial charge in [-0.05, 0) is 31.7 Å². The molecule has 2 heterocycles. The molecule has 0 bridgehead atoms. The van der Waals surface area contributed by atoms with E-state index in [2.05, 4.69) is 34.7 Å². The van der Waals surface area contributed by atoms with E-state index < -0.39 is 6.03 Å². The van der Waals surface area contributed by atoms with E-state index in [1.165, 1.54) is 0 Å². The summed E-state index contributed by atoms with van der Waals surface area (Å²) in [5, 5.41) is 8.63. The molecular weight excluding hydrogens is 244 g/mol. The molecule has 2 aliphatic heterocycles. The quantitative estimate of drug-likeness (QED) is 0.570. The molecule has 3 amide bonds. The van der Waals surface area contributed by atoms with E-state index in [4.69, 9.17) is 0 Å². The highest BCUT2D eigenvalue weighted by Gasteiger charge is 2.49. The molecule has 1 aliphatic carbocycles. The molecule has 0 aromatic rings. The van der Waals surface area contributed by atoms with Crippen molar-refractivity contribution in [3.63, 3.8) is 0 Å². The Hall–Kier alpha value is -1.14. The number of hydrogen-bond acceptors (Lipinski definition) is 4. The molecule has 1 saturated carbocycles. The Labute approximate surface area is 113 Å². The lowest BCUT2D eigenvalue weighted by molar-refractivity contribution is -0.129. The molecule has 106 valence electrons. The van der Waals surface area contributed by atoms with Crippen LogP contribution in [0.25, 0.3) is 0 Å². The highest BCUT2D eigenvalue weighted by atomic mass is 16.2. The van der Waals surface area contributed by atoms with Crippen molar-refractivity contribution < 1.29 is 9.59 Å². The molecule has 3 rings (SSSR count). The summed E-state index contributed by atoms with van der Waals surface area (Å²) < 4.78 is 0. The number of amides is 3. The zero-order valence-electron chi connectivity index (χ0n) is 11.6. The summed E-state index contributed by atoms with van der Waals surface area (Å²) in [5.41, 5.74) is 0. The van der Waals surface area contributed by atoms with E-state index in [1.54, 1.807) is 0 Å². The van der Waals surface area contributed by atoms with E-state index in [0.717, 1.165) is 12.8 Å². The smallest absolute Gasteiger partial charge is 0.320 e. The second-order valence-corrected chi connectivity index (χ2v) is 6.32. The first-order valence-corrected chi connectivity index (χ1v) is 7.06. The maximum absolute atomic E-state index is 11.9. The summed E-state index contributed by atoms with van der Waals surface area (Å²) >= 11 is 0. The van der Waals surface area contributed by atoms with Gasteiger partial charge in [-0.15, -0.1) is 0 Å². The SMILES string of the molecule is CC1CC2NC3C(=O)NC(=O)NC3N(C)C2CC1C. The fourth-order valence-corrected chi connectivity index (χ4v) is 3.72. The molecule has 0 aromatic carbocycles. The fourth-order valence-electron chi connectivity index (χ4n) is 3.72. The number of hydrogen-bond donors (Lipinski definition) is 3. The molecule has 6 unspecified atom stereocenters. The highest BCUT2D eigenvalue weighted by Crippen LogP contribution is 2.35. The number of rotatable bonds is 0. The summed E-state index contributed by atoms with van der Waals surface area (Å²) in [4.78, 5) is 25.6. The van der Waals surface area contributed by atoms with Gasteiger partial charge in [-0.25, -0.2) is 4.79 Å². The minimum absolute atomic E-state index is 0.217. The van der Waals surface area contributed by atoms with E-state index in [0.29, 0.717) is 23.9 Å². The maximum Gasteiger partial charge on any atom is 0.322 e. The molecule has 0 spiro atoms. The minimum atomic E-state index is -0.393. The second-order valence-electron chi connectivity index (χ2n) is 6.32. The predicted molar refractivity (Wildman–Crippen MR) is 70.3 cm³/mol. The Morgan fingerprint density at radius 3 is 2.58 bits per heavy atom. The van der Waals surface area contributed by atoms with Crippen LogP contribution in [0.5, 0.6) is 0 Å². The fraction of sp³-hybridized carbons (Fsp3) is 0.846. The number of likely N-dealkylation sites (N-methyl/N-ethyl adjacent to an activating group) is 1. The Bertz CT molecular complexity index is 413. The van der Waals surface area contributed by atoms with Gasteiger partial charge < -0.3 is 5.32 Å². The molecule has 19 heavy (non-hydrogen) atoms. The number of nitrogens with one attached hydrogen (secondary N) is 3. The van der Waals surface area contributed by atoms with Crippen molar-refractivity contribution in [3.05, 3.63) is 0 Å². The summed E-state index contributed by atoms with van der Waals surface area (Å²) in [7, 11) is 2.01. The summed E-state index contributed by atoms with van der Waals surface area (Å²) in [5.74, 6) is 1.13. The lowest BCUT2D eigenvalue weighted by atomic mass is 9.74. The summed E-state index contributed by atoms with van der Waals surface area (Å²) in [6.45, 7) is 4.56. The molecule has 6 atom stereocenters. The molecule has 6 nitrogen and oxygen atoms in total. The minimum Gasteiger partial charge on any atom is -0.320 e. The van der Waals surface area contributed by atoms with Crippen molar-refractivity contribution in [2.75, 3.05) is 7.05 Å². The topological polar surface area (TPSA) is 73.5 Å². The van der Waals surface area contributed by atoms with Gasteiger partial charge in [0.15, 0.2) is 0 Å². The van der Waals surface area contributed by atoms with Crippen molar-refractivity contribution in [1.29, 1.82) is 0 Å². The van der Waals surface area contributed by atoms with Gasteiger partial charge >= 0.3 is 6.03 Å². The van der Waals surface area contributed by atoms with Crippen LogP contribution in [0.1, 0.15) is 26.7 Å². The van der Waals surface area contributed by atoms with Crippen LogP contribution in [0.15, 0.2) is 0 Å². The van der Waals surface area contributed by atoms with Gasteiger partial charge in [0, 0.05) is 12.1 Å². The van der Waals surface area contributed by atoms with Crippen molar-refractivity contribution >= 4 is 11.9 Å². The highest BCUT2D eigenvalue weighted by molar-refractivity contribution is 6.00. The molecular formula is C13H22N4O2. The van der Waals surface area contributed by atoms with E-state index in [9.17, 15) is 9.59 Å². The Morgan fingerprint density at radius 2 is 1.84 bits per heavy atom.